The largest absolute Gasteiger partial charge is 0.492 e. The molecule has 3 N–H and O–H groups in total. The number of pyridine rings is 1. The van der Waals surface area contributed by atoms with E-state index in [0.717, 1.165) is 0 Å². The maximum absolute atomic E-state index is 10.9. The van der Waals surface area contributed by atoms with Crippen LogP contribution in [0, 0.1) is 17.0 Å². The maximum Gasteiger partial charge on any atom is 0.490 e. The number of nitrogens with zero attached hydrogens (tertiary/aromatic N) is 2. The summed E-state index contributed by atoms with van der Waals surface area (Å²) in [6.45, 7) is 2.44. The molecule has 0 saturated carbocycles. The van der Waals surface area contributed by atoms with E-state index in [1.165, 1.54) is 6.07 Å². The number of ether oxygens (including phenoxy) is 1. The SMILES string of the molecule is Cc1cc2nccc(OCCN)c2cc1[N+](=O)[O-].O=C(O)C(F)(F)F. The van der Waals surface area contributed by atoms with Crippen LogP contribution in [0.4, 0.5) is 18.9 Å². The highest BCUT2D eigenvalue weighted by atomic mass is 19.4. The Balaban J connectivity index is 0.000000381. The summed E-state index contributed by atoms with van der Waals surface area (Å²) in [5.41, 5.74) is 6.69. The summed E-state index contributed by atoms with van der Waals surface area (Å²) >= 11 is 0. The summed E-state index contributed by atoms with van der Waals surface area (Å²) < 4.78 is 37.2. The average molecular weight is 361 g/mol. The Kier molecular flexibility index (Phi) is 6.62. The van der Waals surface area contributed by atoms with E-state index in [1.54, 1.807) is 25.3 Å². The number of aryl methyl sites for hydroxylation is 1. The van der Waals surface area contributed by atoms with Crippen LogP contribution >= 0.6 is 0 Å². The second-order valence-corrected chi connectivity index (χ2v) is 4.66. The van der Waals surface area contributed by atoms with Gasteiger partial charge in [0.2, 0.25) is 0 Å². The molecule has 1 aromatic heterocycles. The number of rotatable bonds is 4. The Morgan fingerprint density at radius 3 is 2.52 bits per heavy atom. The van der Waals surface area contributed by atoms with Gasteiger partial charge in [0.15, 0.2) is 0 Å². The van der Waals surface area contributed by atoms with Gasteiger partial charge in [-0.2, -0.15) is 13.2 Å². The molecule has 1 aromatic carbocycles. The fraction of sp³-hybridized carbons (Fsp3) is 0.286. The molecule has 0 aliphatic heterocycles. The van der Waals surface area contributed by atoms with Crippen molar-refractivity contribution >= 4 is 22.6 Å². The Bertz CT molecular complexity index is 780. The van der Waals surface area contributed by atoms with E-state index in [9.17, 15) is 23.3 Å². The molecule has 0 fully saturated rings. The molecule has 11 heteroatoms. The van der Waals surface area contributed by atoms with Crippen molar-refractivity contribution in [2.24, 2.45) is 5.73 Å². The number of fused-ring (bicyclic) bond motifs is 1. The summed E-state index contributed by atoms with van der Waals surface area (Å²) in [4.78, 5) is 23.6. The van der Waals surface area contributed by atoms with Crippen molar-refractivity contribution in [1.29, 1.82) is 0 Å². The minimum atomic E-state index is -5.08. The number of nitrogens with two attached hydrogens (primary N) is 1. The molecule has 0 amide bonds. The average Bonchev–Trinajstić information content (AvgIpc) is 2.51. The molecule has 2 rings (SSSR count). The number of nitro benzene ring substituents is 1. The van der Waals surface area contributed by atoms with Gasteiger partial charge in [0.05, 0.1) is 10.4 Å². The zero-order chi connectivity index (χ0) is 19.2. The van der Waals surface area contributed by atoms with Gasteiger partial charge >= 0.3 is 12.1 Å². The quantitative estimate of drug-likeness (QED) is 0.632. The van der Waals surface area contributed by atoms with E-state index in [0.29, 0.717) is 35.4 Å². The van der Waals surface area contributed by atoms with Crippen molar-refractivity contribution in [2.75, 3.05) is 13.2 Å². The first-order chi connectivity index (χ1) is 11.6. The van der Waals surface area contributed by atoms with Crippen LogP contribution in [0.3, 0.4) is 0 Å². The van der Waals surface area contributed by atoms with Crippen LogP contribution in [-0.2, 0) is 4.79 Å². The van der Waals surface area contributed by atoms with E-state index < -0.39 is 17.1 Å². The van der Waals surface area contributed by atoms with Crippen LogP contribution in [0.25, 0.3) is 10.9 Å². The number of carbonyl (C=O) groups is 1. The van der Waals surface area contributed by atoms with Crippen molar-refractivity contribution in [3.05, 3.63) is 40.1 Å². The van der Waals surface area contributed by atoms with Gasteiger partial charge in [0, 0.05) is 29.8 Å². The zero-order valence-electron chi connectivity index (χ0n) is 12.9. The normalized spacial score (nSPS) is 10.8. The number of aliphatic carboxylic acids is 1. The van der Waals surface area contributed by atoms with Crippen LogP contribution in [-0.4, -0.2) is 40.3 Å². The molecule has 0 atom stereocenters. The fourth-order valence-electron chi connectivity index (χ4n) is 1.75. The number of aromatic nitrogens is 1. The number of hydrogen-bond acceptors (Lipinski definition) is 6. The molecule has 25 heavy (non-hydrogen) atoms. The van der Waals surface area contributed by atoms with Gasteiger partial charge in [0.25, 0.3) is 5.69 Å². The second-order valence-electron chi connectivity index (χ2n) is 4.66. The van der Waals surface area contributed by atoms with E-state index in [1.807, 2.05) is 0 Å². The molecule has 0 radical (unpaired) electrons. The molecule has 0 unspecified atom stereocenters. The third kappa shape index (κ3) is 5.57. The Labute approximate surface area is 139 Å². The molecule has 0 bridgehead atoms. The third-order valence-corrected chi connectivity index (χ3v) is 2.83. The lowest BCUT2D eigenvalue weighted by atomic mass is 10.1. The van der Waals surface area contributed by atoms with Crippen molar-refractivity contribution in [1.82, 2.24) is 4.98 Å². The lowest BCUT2D eigenvalue weighted by Crippen LogP contribution is -2.21. The number of nitro groups is 1. The predicted octanol–water partition coefficient (Wildman–Crippen LogP) is 2.42. The first kappa shape index (κ1) is 20.1. The second kappa shape index (κ2) is 8.24. The number of hydrogen-bond donors (Lipinski definition) is 2. The topological polar surface area (TPSA) is 129 Å². The molecule has 0 spiro atoms. The Morgan fingerprint density at radius 2 is 2.04 bits per heavy atom. The molecular formula is C14H14F3N3O5. The van der Waals surface area contributed by atoms with Gasteiger partial charge in [-0.1, -0.05) is 0 Å². The first-order valence-corrected chi connectivity index (χ1v) is 6.74. The summed E-state index contributed by atoms with van der Waals surface area (Å²) in [5.74, 6) is -2.19. The number of halogens is 3. The van der Waals surface area contributed by atoms with Gasteiger partial charge in [-0.05, 0) is 19.1 Å². The van der Waals surface area contributed by atoms with E-state index in [-0.39, 0.29) is 5.69 Å². The highest BCUT2D eigenvalue weighted by Gasteiger charge is 2.38. The van der Waals surface area contributed by atoms with Gasteiger partial charge in [-0.15, -0.1) is 0 Å². The smallest absolute Gasteiger partial charge is 0.490 e. The predicted molar refractivity (Wildman–Crippen MR) is 81.4 cm³/mol. The van der Waals surface area contributed by atoms with Crippen molar-refractivity contribution in [2.45, 2.75) is 13.1 Å². The molecule has 8 nitrogen and oxygen atoms in total. The lowest BCUT2D eigenvalue weighted by molar-refractivity contribution is -0.385. The number of alkyl halides is 3. The minimum Gasteiger partial charge on any atom is -0.492 e. The van der Waals surface area contributed by atoms with Gasteiger partial charge in [0.1, 0.15) is 12.4 Å². The van der Waals surface area contributed by atoms with Crippen LogP contribution in [0.15, 0.2) is 24.4 Å². The van der Waals surface area contributed by atoms with Crippen molar-refractivity contribution in [3.63, 3.8) is 0 Å². The first-order valence-electron chi connectivity index (χ1n) is 6.74. The molecule has 0 aliphatic rings. The molecule has 0 aliphatic carbocycles. The van der Waals surface area contributed by atoms with Gasteiger partial charge in [-0.25, -0.2) is 4.79 Å². The molecular weight excluding hydrogens is 347 g/mol. The van der Waals surface area contributed by atoms with Gasteiger partial charge in [-0.3, -0.25) is 15.1 Å². The number of carboxylic acids is 1. The monoisotopic (exact) mass is 361 g/mol. The van der Waals surface area contributed by atoms with Crippen molar-refractivity contribution < 1.29 is 32.7 Å². The summed E-state index contributed by atoms with van der Waals surface area (Å²) in [7, 11) is 0. The summed E-state index contributed by atoms with van der Waals surface area (Å²) in [5, 5.41) is 18.7. The Morgan fingerprint density at radius 1 is 1.44 bits per heavy atom. The lowest BCUT2D eigenvalue weighted by Gasteiger charge is -2.08. The van der Waals surface area contributed by atoms with Crippen LogP contribution in [0.1, 0.15) is 5.56 Å². The summed E-state index contributed by atoms with van der Waals surface area (Å²) in [6, 6.07) is 4.85. The number of benzene rings is 1. The minimum absolute atomic E-state index is 0.0631. The Hall–Kier alpha value is -2.95. The zero-order valence-corrected chi connectivity index (χ0v) is 12.9. The van der Waals surface area contributed by atoms with Crippen LogP contribution in [0.5, 0.6) is 5.75 Å². The molecule has 0 saturated heterocycles. The van der Waals surface area contributed by atoms with Crippen LogP contribution in [0.2, 0.25) is 0 Å². The highest BCUT2D eigenvalue weighted by Crippen LogP contribution is 2.30. The molecule has 136 valence electrons. The van der Waals surface area contributed by atoms with Crippen molar-refractivity contribution in [3.8, 4) is 5.75 Å². The maximum atomic E-state index is 10.9. The van der Waals surface area contributed by atoms with E-state index in [4.69, 9.17) is 20.4 Å². The highest BCUT2D eigenvalue weighted by molar-refractivity contribution is 5.88. The van der Waals surface area contributed by atoms with E-state index in [2.05, 4.69) is 4.98 Å². The summed E-state index contributed by atoms with van der Waals surface area (Å²) in [6.07, 6.45) is -3.47. The fourth-order valence-corrected chi connectivity index (χ4v) is 1.75. The molecule has 1 heterocycles. The number of carboxylic acid groups (broad SMARTS) is 1. The van der Waals surface area contributed by atoms with Gasteiger partial charge < -0.3 is 15.6 Å². The standard InChI is InChI=1S/C12H13N3O3.C2HF3O2/c1-8-6-10-9(7-11(8)15(16)17)12(2-4-14-10)18-5-3-13;3-2(4,5)1(6)7/h2,4,6-7H,3,5,13H2,1H3;(H,6,7). The third-order valence-electron chi connectivity index (χ3n) is 2.83. The molecule has 2 aromatic rings. The van der Waals surface area contributed by atoms with E-state index >= 15 is 0 Å². The van der Waals surface area contributed by atoms with Crippen LogP contribution < -0.4 is 10.5 Å².